The molecule has 7 heteroatoms. The second-order valence-electron chi connectivity index (χ2n) is 6.73. The molecule has 0 saturated carbocycles. The Kier molecular flexibility index (Phi) is 5.28. The zero-order valence-corrected chi connectivity index (χ0v) is 14.0. The van der Waals surface area contributed by atoms with Crippen LogP contribution in [0, 0.1) is 5.92 Å². The predicted molar refractivity (Wildman–Crippen MR) is 83.6 cm³/mol. The third-order valence-corrected chi connectivity index (χ3v) is 4.56. The number of nitrogens with one attached hydrogen (secondary N) is 2. The summed E-state index contributed by atoms with van der Waals surface area (Å²) in [6, 6.07) is 0.0407. The number of hydrogen-bond donors (Lipinski definition) is 2. The third-order valence-electron chi connectivity index (χ3n) is 4.56. The Labute approximate surface area is 132 Å². The number of carbonyl (C=O) groups excluding carboxylic acids is 2. The number of amides is 3. The molecule has 0 aromatic rings. The van der Waals surface area contributed by atoms with E-state index in [-0.39, 0.29) is 11.9 Å². The van der Waals surface area contributed by atoms with E-state index in [1.807, 2.05) is 4.90 Å². The van der Waals surface area contributed by atoms with Gasteiger partial charge in [0, 0.05) is 39.3 Å². The summed E-state index contributed by atoms with van der Waals surface area (Å²) < 4.78 is 5.40. The largest absolute Gasteiger partial charge is 0.379 e. The molecule has 0 unspecified atom stereocenters. The third kappa shape index (κ3) is 3.70. The number of morpholine rings is 1. The van der Waals surface area contributed by atoms with Crippen molar-refractivity contribution >= 4 is 11.9 Å². The zero-order valence-electron chi connectivity index (χ0n) is 14.0. The van der Waals surface area contributed by atoms with E-state index >= 15 is 0 Å². The van der Waals surface area contributed by atoms with Gasteiger partial charge in [-0.2, -0.15) is 0 Å². The van der Waals surface area contributed by atoms with E-state index in [1.165, 1.54) is 0 Å². The van der Waals surface area contributed by atoms with Crippen LogP contribution in [0.4, 0.5) is 4.79 Å². The van der Waals surface area contributed by atoms with Crippen LogP contribution in [0.5, 0.6) is 0 Å². The minimum absolute atomic E-state index is 0.0290. The molecule has 2 rings (SSSR count). The molecule has 22 heavy (non-hydrogen) atoms. The number of carbonyl (C=O) groups is 2. The van der Waals surface area contributed by atoms with Crippen molar-refractivity contribution in [3.63, 3.8) is 0 Å². The van der Waals surface area contributed by atoms with Gasteiger partial charge in [-0.3, -0.25) is 9.69 Å². The minimum Gasteiger partial charge on any atom is -0.379 e. The van der Waals surface area contributed by atoms with Crippen LogP contribution in [0.1, 0.15) is 20.8 Å². The van der Waals surface area contributed by atoms with Crippen LogP contribution >= 0.6 is 0 Å². The van der Waals surface area contributed by atoms with E-state index in [9.17, 15) is 9.59 Å². The van der Waals surface area contributed by atoms with Crippen molar-refractivity contribution in [1.29, 1.82) is 0 Å². The average Bonchev–Trinajstić information content (AvgIpc) is 2.88. The molecule has 2 N–H and O–H groups in total. The zero-order chi connectivity index (χ0) is 16.3. The van der Waals surface area contributed by atoms with Gasteiger partial charge in [0.1, 0.15) is 5.54 Å². The second kappa shape index (κ2) is 6.83. The molecule has 2 atom stereocenters. The second-order valence-corrected chi connectivity index (χ2v) is 6.73. The van der Waals surface area contributed by atoms with E-state index in [4.69, 9.17) is 4.74 Å². The van der Waals surface area contributed by atoms with Crippen LogP contribution in [0.25, 0.3) is 0 Å². The summed E-state index contributed by atoms with van der Waals surface area (Å²) >= 11 is 0. The van der Waals surface area contributed by atoms with E-state index in [0.29, 0.717) is 12.0 Å². The number of hydrogen-bond acceptors (Lipinski definition) is 4. The van der Waals surface area contributed by atoms with Crippen molar-refractivity contribution in [3.8, 4) is 0 Å². The number of likely N-dealkylation sites (tertiary alicyclic amines) is 1. The van der Waals surface area contributed by atoms with E-state index < -0.39 is 5.54 Å². The minimum atomic E-state index is -0.903. The Hall–Kier alpha value is -1.34. The lowest BCUT2D eigenvalue weighted by Crippen LogP contribution is -2.57. The van der Waals surface area contributed by atoms with Gasteiger partial charge in [-0.25, -0.2) is 4.79 Å². The lowest BCUT2D eigenvalue weighted by atomic mass is 10.0. The van der Waals surface area contributed by atoms with Crippen LogP contribution < -0.4 is 10.6 Å². The standard InChI is InChI=1S/C15H28N4O3/c1-11-9-19(10-12(11)18-5-7-22-8-6-18)13(20)15(2,3)17-14(21)16-4/h11-12H,5-10H2,1-4H3,(H2,16,17,21)/t11-,12+/m1/s1. The smallest absolute Gasteiger partial charge is 0.315 e. The van der Waals surface area contributed by atoms with Gasteiger partial charge in [-0.15, -0.1) is 0 Å². The summed E-state index contributed by atoms with van der Waals surface area (Å²) in [6.45, 7) is 10.5. The molecule has 7 nitrogen and oxygen atoms in total. The van der Waals surface area contributed by atoms with Gasteiger partial charge in [0.15, 0.2) is 0 Å². The van der Waals surface area contributed by atoms with Crippen molar-refractivity contribution in [1.82, 2.24) is 20.4 Å². The molecule has 2 aliphatic rings. The first kappa shape index (κ1) is 17.0. The molecular weight excluding hydrogens is 284 g/mol. The molecule has 2 heterocycles. The first-order chi connectivity index (χ1) is 10.3. The normalized spacial score (nSPS) is 26.8. The summed E-state index contributed by atoms with van der Waals surface area (Å²) in [5.74, 6) is 0.400. The SMILES string of the molecule is CNC(=O)NC(C)(C)C(=O)N1C[C@@H](C)[C@@H](N2CCOCC2)C1. The molecule has 2 saturated heterocycles. The quantitative estimate of drug-likeness (QED) is 0.761. The highest BCUT2D eigenvalue weighted by molar-refractivity contribution is 5.90. The Morgan fingerprint density at radius 2 is 1.82 bits per heavy atom. The van der Waals surface area contributed by atoms with Gasteiger partial charge in [0.25, 0.3) is 0 Å². The summed E-state index contributed by atoms with van der Waals surface area (Å²) in [5, 5.41) is 5.21. The van der Waals surface area contributed by atoms with Crippen molar-refractivity contribution in [2.45, 2.75) is 32.4 Å². The number of urea groups is 1. The molecule has 0 radical (unpaired) electrons. The van der Waals surface area contributed by atoms with Crippen molar-refractivity contribution in [2.24, 2.45) is 5.92 Å². The van der Waals surface area contributed by atoms with Gasteiger partial charge in [0.2, 0.25) is 5.91 Å². The van der Waals surface area contributed by atoms with Crippen LogP contribution in [0.2, 0.25) is 0 Å². The van der Waals surface area contributed by atoms with Crippen LogP contribution in [-0.2, 0) is 9.53 Å². The molecule has 2 aliphatic heterocycles. The predicted octanol–water partition coefficient (Wildman–Crippen LogP) is -0.127. The van der Waals surface area contributed by atoms with Crippen LogP contribution in [-0.4, -0.2) is 79.8 Å². The maximum Gasteiger partial charge on any atom is 0.315 e. The van der Waals surface area contributed by atoms with Crippen molar-refractivity contribution < 1.29 is 14.3 Å². The van der Waals surface area contributed by atoms with Gasteiger partial charge < -0.3 is 20.3 Å². The van der Waals surface area contributed by atoms with Gasteiger partial charge in [-0.1, -0.05) is 6.92 Å². The Balaban J connectivity index is 1.98. The molecule has 0 bridgehead atoms. The maximum absolute atomic E-state index is 12.7. The summed E-state index contributed by atoms with van der Waals surface area (Å²) in [5.41, 5.74) is -0.903. The summed E-state index contributed by atoms with van der Waals surface area (Å²) in [6.07, 6.45) is 0. The first-order valence-corrected chi connectivity index (χ1v) is 7.96. The Morgan fingerprint density at radius 1 is 1.18 bits per heavy atom. The van der Waals surface area contributed by atoms with E-state index in [1.54, 1.807) is 20.9 Å². The molecule has 0 aromatic carbocycles. The maximum atomic E-state index is 12.7. The summed E-state index contributed by atoms with van der Waals surface area (Å²) in [4.78, 5) is 28.5. The summed E-state index contributed by atoms with van der Waals surface area (Å²) in [7, 11) is 1.54. The van der Waals surface area contributed by atoms with Gasteiger partial charge in [0.05, 0.1) is 13.2 Å². The fourth-order valence-electron chi connectivity index (χ4n) is 3.29. The number of rotatable bonds is 3. The van der Waals surface area contributed by atoms with Crippen molar-refractivity contribution in [3.05, 3.63) is 0 Å². The van der Waals surface area contributed by atoms with E-state index in [2.05, 4.69) is 22.5 Å². The average molecular weight is 312 g/mol. The molecule has 2 fully saturated rings. The monoisotopic (exact) mass is 312 g/mol. The van der Waals surface area contributed by atoms with Crippen LogP contribution in [0.3, 0.4) is 0 Å². The fourth-order valence-corrected chi connectivity index (χ4v) is 3.29. The first-order valence-electron chi connectivity index (χ1n) is 7.96. The topological polar surface area (TPSA) is 73.9 Å². The highest BCUT2D eigenvalue weighted by Gasteiger charge is 2.41. The number of ether oxygens (including phenoxy) is 1. The lowest BCUT2D eigenvalue weighted by Gasteiger charge is -2.34. The Bertz CT molecular complexity index is 421. The van der Waals surface area contributed by atoms with Gasteiger partial charge in [-0.05, 0) is 19.8 Å². The molecule has 0 aliphatic carbocycles. The molecule has 0 aromatic heterocycles. The molecule has 126 valence electrons. The highest BCUT2D eigenvalue weighted by atomic mass is 16.5. The number of nitrogens with zero attached hydrogens (tertiary/aromatic N) is 2. The van der Waals surface area contributed by atoms with Gasteiger partial charge >= 0.3 is 6.03 Å². The Morgan fingerprint density at radius 3 is 2.41 bits per heavy atom. The fraction of sp³-hybridized carbons (Fsp3) is 0.867. The molecule has 3 amide bonds. The van der Waals surface area contributed by atoms with Crippen molar-refractivity contribution in [2.75, 3.05) is 46.4 Å². The highest BCUT2D eigenvalue weighted by Crippen LogP contribution is 2.24. The van der Waals surface area contributed by atoms with E-state index in [0.717, 1.165) is 39.4 Å². The molecule has 0 spiro atoms. The van der Waals surface area contributed by atoms with Crippen LogP contribution in [0.15, 0.2) is 0 Å². The molecular formula is C15H28N4O3. The lowest BCUT2D eigenvalue weighted by molar-refractivity contribution is -0.136.